The highest BCUT2D eigenvalue weighted by molar-refractivity contribution is 5.35. The molecule has 88 valence electrons. The molecule has 3 N–H and O–H groups in total. The first-order chi connectivity index (χ1) is 8.22. The first-order valence-corrected chi connectivity index (χ1v) is 5.50. The minimum absolute atomic E-state index is 0.0736. The molecule has 0 saturated carbocycles. The third kappa shape index (κ3) is 2.49. The van der Waals surface area contributed by atoms with Crippen molar-refractivity contribution in [2.45, 2.75) is 19.9 Å². The van der Waals surface area contributed by atoms with Gasteiger partial charge in [0.15, 0.2) is 0 Å². The monoisotopic (exact) mass is 228 g/mol. The molecule has 0 spiro atoms. The Bertz CT molecular complexity index is 496. The molecule has 0 saturated heterocycles. The average Bonchev–Trinajstić information content (AvgIpc) is 2.36. The second kappa shape index (κ2) is 5.03. The first-order valence-electron chi connectivity index (χ1n) is 5.50. The summed E-state index contributed by atoms with van der Waals surface area (Å²) in [6.45, 7) is 4.18. The summed E-state index contributed by atoms with van der Waals surface area (Å²) in [5.74, 6) is 5.62. The summed E-state index contributed by atoms with van der Waals surface area (Å²) in [7, 11) is 0. The maximum atomic E-state index is 5.62. The largest absolute Gasteiger partial charge is 0.271 e. The van der Waals surface area contributed by atoms with E-state index < -0.39 is 0 Å². The van der Waals surface area contributed by atoms with E-state index in [1.165, 1.54) is 17.5 Å². The molecule has 2 rings (SSSR count). The molecule has 17 heavy (non-hydrogen) atoms. The number of aryl methyl sites for hydroxylation is 2. The second-order valence-electron chi connectivity index (χ2n) is 4.12. The third-order valence-electron chi connectivity index (χ3n) is 2.94. The van der Waals surface area contributed by atoms with Gasteiger partial charge in [-0.15, -0.1) is 0 Å². The Morgan fingerprint density at radius 3 is 2.35 bits per heavy atom. The lowest BCUT2D eigenvalue weighted by molar-refractivity contribution is 0.631. The number of rotatable bonds is 3. The minimum atomic E-state index is -0.0736. The molecule has 4 heteroatoms. The number of hydrogen-bond acceptors (Lipinski definition) is 4. The highest BCUT2D eigenvalue weighted by atomic mass is 15.2. The molecule has 1 atom stereocenters. The van der Waals surface area contributed by atoms with Crippen molar-refractivity contribution >= 4 is 0 Å². The maximum absolute atomic E-state index is 5.62. The van der Waals surface area contributed by atoms with Crippen LogP contribution in [0.15, 0.2) is 36.9 Å². The van der Waals surface area contributed by atoms with Gasteiger partial charge in [-0.1, -0.05) is 18.2 Å². The quantitative estimate of drug-likeness (QED) is 0.619. The molecule has 0 bridgehead atoms. The summed E-state index contributed by atoms with van der Waals surface area (Å²) < 4.78 is 0. The van der Waals surface area contributed by atoms with Crippen LogP contribution in [0.3, 0.4) is 0 Å². The maximum Gasteiger partial charge on any atom is 0.115 e. The lowest BCUT2D eigenvalue weighted by Gasteiger charge is -2.17. The van der Waals surface area contributed by atoms with E-state index in [4.69, 9.17) is 5.84 Å². The molecule has 2 aromatic rings. The predicted molar refractivity (Wildman–Crippen MR) is 67.1 cm³/mol. The summed E-state index contributed by atoms with van der Waals surface area (Å²) in [6.07, 6.45) is 5.05. The normalized spacial score (nSPS) is 12.4. The fourth-order valence-electron chi connectivity index (χ4n) is 1.79. The van der Waals surface area contributed by atoms with Crippen LogP contribution in [0.4, 0.5) is 0 Å². The van der Waals surface area contributed by atoms with Crippen LogP contribution in [0.25, 0.3) is 0 Å². The van der Waals surface area contributed by atoms with E-state index >= 15 is 0 Å². The molecular formula is C13H16N4. The number of nitrogens with two attached hydrogens (primary N) is 1. The van der Waals surface area contributed by atoms with Gasteiger partial charge in [-0.2, -0.15) is 0 Å². The van der Waals surface area contributed by atoms with Gasteiger partial charge in [-0.05, 0) is 30.5 Å². The Balaban J connectivity index is 2.39. The highest BCUT2D eigenvalue weighted by Crippen LogP contribution is 2.22. The van der Waals surface area contributed by atoms with E-state index in [1.54, 1.807) is 12.4 Å². The molecule has 0 amide bonds. The molecule has 0 aliphatic rings. The van der Waals surface area contributed by atoms with E-state index in [9.17, 15) is 0 Å². The van der Waals surface area contributed by atoms with Gasteiger partial charge in [-0.25, -0.2) is 15.4 Å². The van der Waals surface area contributed by atoms with Crippen LogP contribution in [0, 0.1) is 13.8 Å². The summed E-state index contributed by atoms with van der Waals surface area (Å²) in [4.78, 5) is 8.02. The highest BCUT2D eigenvalue weighted by Gasteiger charge is 2.13. The van der Waals surface area contributed by atoms with Crippen molar-refractivity contribution in [3.05, 3.63) is 59.2 Å². The molecule has 1 aromatic heterocycles. The van der Waals surface area contributed by atoms with Gasteiger partial charge in [0.2, 0.25) is 0 Å². The zero-order valence-electron chi connectivity index (χ0n) is 10.0. The fourth-order valence-corrected chi connectivity index (χ4v) is 1.79. The van der Waals surface area contributed by atoms with E-state index in [0.717, 1.165) is 11.1 Å². The Hall–Kier alpha value is -1.78. The van der Waals surface area contributed by atoms with Crippen LogP contribution in [0.5, 0.6) is 0 Å². The molecule has 0 radical (unpaired) electrons. The number of aromatic nitrogens is 2. The van der Waals surface area contributed by atoms with Gasteiger partial charge in [0.05, 0.1) is 6.04 Å². The Morgan fingerprint density at radius 1 is 1.06 bits per heavy atom. The number of benzene rings is 1. The van der Waals surface area contributed by atoms with Crippen LogP contribution < -0.4 is 11.3 Å². The van der Waals surface area contributed by atoms with Crippen molar-refractivity contribution in [1.29, 1.82) is 0 Å². The van der Waals surface area contributed by atoms with Crippen LogP contribution in [-0.2, 0) is 0 Å². The molecule has 4 nitrogen and oxygen atoms in total. The molecule has 0 aliphatic heterocycles. The average molecular weight is 228 g/mol. The second-order valence-corrected chi connectivity index (χ2v) is 4.12. The number of hydrazine groups is 1. The van der Waals surface area contributed by atoms with Gasteiger partial charge in [0.1, 0.15) is 6.33 Å². The molecule has 0 fully saturated rings. The number of nitrogens with zero attached hydrogens (tertiary/aromatic N) is 2. The summed E-state index contributed by atoms with van der Waals surface area (Å²) >= 11 is 0. The SMILES string of the molecule is Cc1ccc(C(NN)c2cncnc2)cc1C. The fraction of sp³-hybridized carbons (Fsp3) is 0.231. The Labute approximate surface area is 101 Å². The van der Waals surface area contributed by atoms with Crippen molar-refractivity contribution < 1.29 is 0 Å². The Morgan fingerprint density at radius 2 is 1.76 bits per heavy atom. The van der Waals surface area contributed by atoms with E-state index in [1.807, 2.05) is 0 Å². The van der Waals surface area contributed by atoms with Crippen LogP contribution in [-0.4, -0.2) is 9.97 Å². The van der Waals surface area contributed by atoms with Gasteiger partial charge in [-0.3, -0.25) is 5.84 Å². The standard InChI is InChI=1S/C13H16N4/c1-9-3-4-11(5-10(9)2)13(17-14)12-6-15-8-16-7-12/h3-8,13,17H,14H2,1-2H3. The van der Waals surface area contributed by atoms with Crippen molar-refractivity contribution in [2.75, 3.05) is 0 Å². The summed E-state index contributed by atoms with van der Waals surface area (Å²) in [5.41, 5.74) is 7.40. The van der Waals surface area contributed by atoms with Gasteiger partial charge in [0, 0.05) is 18.0 Å². The molecular weight excluding hydrogens is 212 g/mol. The number of hydrogen-bond donors (Lipinski definition) is 2. The van der Waals surface area contributed by atoms with Crippen molar-refractivity contribution in [1.82, 2.24) is 15.4 Å². The van der Waals surface area contributed by atoms with Gasteiger partial charge in [0.25, 0.3) is 0 Å². The van der Waals surface area contributed by atoms with Gasteiger partial charge >= 0.3 is 0 Å². The smallest absolute Gasteiger partial charge is 0.115 e. The van der Waals surface area contributed by atoms with Crippen LogP contribution in [0.1, 0.15) is 28.3 Å². The zero-order valence-corrected chi connectivity index (χ0v) is 10.0. The molecule has 1 aromatic carbocycles. The number of nitrogens with one attached hydrogen (secondary N) is 1. The lowest BCUT2D eigenvalue weighted by atomic mass is 9.98. The summed E-state index contributed by atoms with van der Waals surface area (Å²) in [5, 5.41) is 0. The summed E-state index contributed by atoms with van der Waals surface area (Å²) in [6, 6.07) is 6.22. The predicted octanol–water partition coefficient (Wildman–Crippen LogP) is 1.65. The zero-order chi connectivity index (χ0) is 12.3. The van der Waals surface area contributed by atoms with E-state index in [-0.39, 0.29) is 6.04 Å². The van der Waals surface area contributed by atoms with Crippen LogP contribution >= 0.6 is 0 Å². The molecule has 0 aliphatic carbocycles. The van der Waals surface area contributed by atoms with Crippen LogP contribution in [0.2, 0.25) is 0 Å². The van der Waals surface area contributed by atoms with Crippen molar-refractivity contribution in [2.24, 2.45) is 5.84 Å². The first kappa shape index (κ1) is 11.7. The van der Waals surface area contributed by atoms with Crippen molar-refractivity contribution in [3.63, 3.8) is 0 Å². The van der Waals surface area contributed by atoms with E-state index in [2.05, 4.69) is 47.4 Å². The van der Waals surface area contributed by atoms with Gasteiger partial charge < -0.3 is 0 Å². The third-order valence-corrected chi connectivity index (χ3v) is 2.94. The lowest BCUT2D eigenvalue weighted by Crippen LogP contribution is -2.29. The van der Waals surface area contributed by atoms with E-state index in [0.29, 0.717) is 0 Å². The molecule has 1 heterocycles. The molecule has 1 unspecified atom stereocenters. The Kier molecular flexibility index (Phi) is 3.46. The van der Waals surface area contributed by atoms with Crippen molar-refractivity contribution in [3.8, 4) is 0 Å². The topological polar surface area (TPSA) is 63.8 Å². The minimum Gasteiger partial charge on any atom is -0.271 e.